The lowest BCUT2D eigenvalue weighted by Crippen LogP contribution is -2.38. The quantitative estimate of drug-likeness (QED) is 0.890. The fourth-order valence-corrected chi connectivity index (χ4v) is 3.62. The molecule has 1 N–H and O–H groups in total. The van der Waals surface area contributed by atoms with E-state index in [0.717, 1.165) is 24.8 Å². The standard InChI is InChI=1S/C15H21NO.ClH/c1-2-7-16-8-6-12-9-13-11(10-14(12)16)4-3-5-15(13)17;/h3-5,12,14,17H,2,6-10H2,1H3;1H/t12-,14-;/m1./s1. The zero-order valence-corrected chi connectivity index (χ0v) is 11.7. The lowest BCUT2D eigenvalue weighted by atomic mass is 9.80. The summed E-state index contributed by atoms with van der Waals surface area (Å²) < 4.78 is 0. The molecular formula is C15H22ClNO. The topological polar surface area (TPSA) is 23.5 Å². The summed E-state index contributed by atoms with van der Waals surface area (Å²) >= 11 is 0. The van der Waals surface area contributed by atoms with Gasteiger partial charge in [-0.05, 0) is 61.9 Å². The van der Waals surface area contributed by atoms with E-state index in [0.29, 0.717) is 5.75 Å². The molecule has 1 aliphatic heterocycles. The summed E-state index contributed by atoms with van der Waals surface area (Å²) in [6.07, 6.45) is 4.76. The highest BCUT2D eigenvalue weighted by atomic mass is 35.5. The van der Waals surface area contributed by atoms with E-state index in [1.807, 2.05) is 12.1 Å². The van der Waals surface area contributed by atoms with Crippen LogP contribution in [0.15, 0.2) is 18.2 Å². The van der Waals surface area contributed by atoms with Gasteiger partial charge in [-0.2, -0.15) is 0 Å². The van der Waals surface area contributed by atoms with Crippen LogP contribution in [-0.2, 0) is 12.8 Å². The maximum atomic E-state index is 9.93. The number of nitrogens with zero attached hydrogens (tertiary/aromatic N) is 1. The van der Waals surface area contributed by atoms with Crippen molar-refractivity contribution in [3.05, 3.63) is 29.3 Å². The van der Waals surface area contributed by atoms with E-state index in [-0.39, 0.29) is 12.4 Å². The summed E-state index contributed by atoms with van der Waals surface area (Å²) in [6.45, 7) is 4.74. The molecule has 2 atom stereocenters. The Kier molecular flexibility index (Phi) is 4.18. The third kappa shape index (κ3) is 2.24. The fraction of sp³-hybridized carbons (Fsp3) is 0.600. The minimum atomic E-state index is 0. The zero-order chi connectivity index (χ0) is 11.8. The molecule has 2 nitrogen and oxygen atoms in total. The van der Waals surface area contributed by atoms with Gasteiger partial charge in [0.2, 0.25) is 0 Å². The first-order valence-corrected chi connectivity index (χ1v) is 6.83. The number of hydrogen-bond acceptors (Lipinski definition) is 2. The highest BCUT2D eigenvalue weighted by Gasteiger charge is 2.37. The number of phenolic OH excluding ortho intramolecular Hbond substituents is 1. The van der Waals surface area contributed by atoms with E-state index in [1.165, 1.54) is 37.1 Å². The first-order chi connectivity index (χ1) is 8.29. The molecule has 0 unspecified atom stereocenters. The van der Waals surface area contributed by atoms with Crippen LogP contribution in [0.4, 0.5) is 0 Å². The lowest BCUT2D eigenvalue weighted by Gasteiger charge is -2.33. The molecule has 0 bridgehead atoms. The maximum Gasteiger partial charge on any atom is 0.119 e. The Hall–Kier alpha value is -0.730. The van der Waals surface area contributed by atoms with Crippen molar-refractivity contribution in [2.75, 3.05) is 13.1 Å². The van der Waals surface area contributed by atoms with Crippen LogP contribution in [0.25, 0.3) is 0 Å². The van der Waals surface area contributed by atoms with Crippen LogP contribution in [0.5, 0.6) is 5.75 Å². The molecule has 0 radical (unpaired) electrons. The Bertz CT molecular complexity index is 421. The maximum absolute atomic E-state index is 9.93. The molecule has 0 spiro atoms. The predicted octanol–water partition coefficient (Wildman–Crippen LogP) is 3.01. The summed E-state index contributed by atoms with van der Waals surface area (Å²) in [5.41, 5.74) is 2.58. The van der Waals surface area contributed by atoms with E-state index in [4.69, 9.17) is 0 Å². The van der Waals surface area contributed by atoms with Crippen LogP contribution in [0.1, 0.15) is 30.9 Å². The van der Waals surface area contributed by atoms with E-state index < -0.39 is 0 Å². The monoisotopic (exact) mass is 267 g/mol. The smallest absolute Gasteiger partial charge is 0.119 e. The highest BCUT2D eigenvalue weighted by molar-refractivity contribution is 5.85. The molecule has 100 valence electrons. The molecule has 18 heavy (non-hydrogen) atoms. The molecule has 3 rings (SSSR count). The van der Waals surface area contributed by atoms with Crippen LogP contribution in [0.3, 0.4) is 0 Å². The van der Waals surface area contributed by atoms with Gasteiger partial charge in [0.15, 0.2) is 0 Å². The SMILES string of the molecule is CCCN1CC[C@@H]2Cc3c(O)cccc3C[C@H]21.Cl. The number of fused-ring (bicyclic) bond motifs is 2. The molecule has 2 aliphatic rings. The molecule has 1 saturated heterocycles. The first kappa shape index (κ1) is 13.7. The predicted molar refractivity (Wildman–Crippen MR) is 76.5 cm³/mol. The highest BCUT2D eigenvalue weighted by Crippen LogP contribution is 2.38. The first-order valence-electron chi connectivity index (χ1n) is 6.83. The Morgan fingerprint density at radius 2 is 2.17 bits per heavy atom. The van der Waals surface area contributed by atoms with Crippen molar-refractivity contribution in [1.82, 2.24) is 4.90 Å². The van der Waals surface area contributed by atoms with E-state index in [9.17, 15) is 5.11 Å². The van der Waals surface area contributed by atoms with Crippen LogP contribution < -0.4 is 0 Å². The minimum Gasteiger partial charge on any atom is -0.508 e. The fourth-order valence-electron chi connectivity index (χ4n) is 3.62. The average molecular weight is 268 g/mol. The molecule has 0 saturated carbocycles. The summed E-state index contributed by atoms with van der Waals surface area (Å²) in [5.74, 6) is 1.28. The minimum absolute atomic E-state index is 0. The molecule has 0 amide bonds. The van der Waals surface area contributed by atoms with Crippen LogP contribution in [-0.4, -0.2) is 29.1 Å². The summed E-state index contributed by atoms with van der Waals surface area (Å²) in [7, 11) is 0. The van der Waals surface area contributed by atoms with Crippen molar-refractivity contribution < 1.29 is 5.11 Å². The molecule has 1 fully saturated rings. The lowest BCUT2D eigenvalue weighted by molar-refractivity contribution is 0.215. The molecule has 1 heterocycles. The number of rotatable bonds is 2. The van der Waals surface area contributed by atoms with Crippen LogP contribution in [0.2, 0.25) is 0 Å². The van der Waals surface area contributed by atoms with Crippen molar-refractivity contribution in [2.45, 2.75) is 38.6 Å². The number of hydrogen-bond donors (Lipinski definition) is 1. The third-order valence-electron chi connectivity index (χ3n) is 4.45. The second kappa shape index (κ2) is 5.50. The van der Waals surface area contributed by atoms with Crippen LogP contribution >= 0.6 is 12.4 Å². The number of likely N-dealkylation sites (tertiary alicyclic amines) is 1. The number of aromatic hydroxyl groups is 1. The number of phenols is 1. The van der Waals surface area contributed by atoms with Crippen molar-refractivity contribution in [3.8, 4) is 5.75 Å². The van der Waals surface area contributed by atoms with Crippen molar-refractivity contribution in [3.63, 3.8) is 0 Å². The summed E-state index contributed by atoms with van der Waals surface area (Å²) in [5, 5.41) is 9.93. The second-order valence-corrected chi connectivity index (χ2v) is 5.48. The van der Waals surface area contributed by atoms with Gasteiger partial charge in [-0.15, -0.1) is 12.4 Å². The van der Waals surface area contributed by atoms with Gasteiger partial charge < -0.3 is 5.11 Å². The van der Waals surface area contributed by atoms with E-state index in [1.54, 1.807) is 0 Å². The Morgan fingerprint density at radius 3 is 2.94 bits per heavy atom. The van der Waals surface area contributed by atoms with Gasteiger partial charge in [0.25, 0.3) is 0 Å². The largest absolute Gasteiger partial charge is 0.508 e. The number of halogens is 1. The van der Waals surface area contributed by atoms with Crippen molar-refractivity contribution in [1.29, 1.82) is 0 Å². The Morgan fingerprint density at radius 1 is 1.33 bits per heavy atom. The van der Waals surface area contributed by atoms with Gasteiger partial charge in [-0.3, -0.25) is 4.90 Å². The summed E-state index contributed by atoms with van der Waals surface area (Å²) in [4.78, 5) is 2.65. The molecule has 1 aromatic carbocycles. The third-order valence-corrected chi connectivity index (χ3v) is 4.45. The molecule has 1 aromatic rings. The Balaban J connectivity index is 0.00000120. The van der Waals surface area contributed by atoms with Crippen LogP contribution in [0, 0.1) is 5.92 Å². The van der Waals surface area contributed by atoms with Gasteiger partial charge in [0, 0.05) is 6.04 Å². The van der Waals surface area contributed by atoms with Gasteiger partial charge >= 0.3 is 0 Å². The average Bonchev–Trinajstić information content (AvgIpc) is 2.71. The normalized spacial score (nSPS) is 26.3. The van der Waals surface area contributed by atoms with Crippen molar-refractivity contribution >= 4 is 12.4 Å². The number of benzene rings is 1. The summed E-state index contributed by atoms with van der Waals surface area (Å²) in [6, 6.07) is 6.73. The second-order valence-electron chi connectivity index (χ2n) is 5.48. The van der Waals surface area contributed by atoms with E-state index >= 15 is 0 Å². The van der Waals surface area contributed by atoms with Crippen molar-refractivity contribution in [2.24, 2.45) is 5.92 Å². The molecule has 1 aliphatic carbocycles. The zero-order valence-electron chi connectivity index (χ0n) is 10.9. The van der Waals surface area contributed by atoms with Gasteiger partial charge in [-0.25, -0.2) is 0 Å². The van der Waals surface area contributed by atoms with Gasteiger partial charge in [0.05, 0.1) is 0 Å². The van der Waals surface area contributed by atoms with E-state index in [2.05, 4.69) is 17.9 Å². The molecule has 0 aromatic heterocycles. The van der Waals surface area contributed by atoms with Gasteiger partial charge in [-0.1, -0.05) is 19.1 Å². The molecule has 3 heteroatoms. The Labute approximate surface area is 115 Å². The molecular weight excluding hydrogens is 246 g/mol. The van der Waals surface area contributed by atoms with Gasteiger partial charge in [0.1, 0.15) is 5.75 Å².